The minimum absolute atomic E-state index is 0.112. The lowest BCUT2D eigenvalue weighted by molar-refractivity contribution is -0.00133. The first-order valence-electron chi connectivity index (χ1n) is 15.9. The molecular weight excluding hydrogens is 508 g/mol. The van der Waals surface area contributed by atoms with E-state index in [0.717, 1.165) is 48.3 Å². The number of hydrogen-bond donors (Lipinski definition) is 0. The van der Waals surface area contributed by atoms with Crippen molar-refractivity contribution in [1.82, 2.24) is 9.97 Å². The lowest BCUT2D eigenvalue weighted by Gasteiger charge is -2.13. The van der Waals surface area contributed by atoms with Gasteiger partial charge in [0.05, 0.1) is 11.7 Å². The summed E-state index contributed by atoms with van der Waals surface area (Å²) in [5.74, 6) is 1.31. The van der Waals surface area contributed by atoms with Gasteiger partial charge < -0.3 is 9.47 Å². The number of rotatable bonds is 17. The minimum Gasteiger partial charge on any atom is -0.459 e. The molecule has 2 aromatic carbocycles. The molecule has 5 heteroatoms. The summed E-state index contributed by atoms with van der Waals surface area (Å²) in [5, 5.41) is 0. The highest BCUT2D eigenvalue weighted by Crippen LogP contribution is 2.29. The van der Waals surface area contributed by atoms with Crippen LogP contribution in [0.3, 0.4) is 0 Å². The van der Waals surface area contributed by atoms with E-state index < -0.39 is 0 Å². The molecule has 0 saturated heterocycles. The van der Waals surface area contributed by atoms with Crippen LogP contribution in [0.2, 0.25) is 0 Å². The van der Waals surface area contributed by atoms with Gasteiger partial charge in [-0.3, -0.25) is 0 Å². The van der Waals surface area contributed by atoms with Crippen molar-refractivity contribution < 1.29 is 14.3 Å². The number of esters is 1. The molecule has 0 unspecified atom stereocenters. The third-order valence-electron chi connectivity index (χ3n) is 8.22. The molecule has 1 heterocycles. The molecule has 0 N–H and O–H groups in total. The Morgan fingerprint density at radius 3 is 2.22 bits per heavy atom. The third kappa shape index (κ3) is 10.4. The van der Waals surface area contributed by atoms with Crippen molar-refractivity contribution in [3.63, 3.8) is 0 Å². The van der Waals surface area contributed by atoms with E-state index >= 15 is 0 Å². The number of carbonyl (C=O) groups is 1. The Labute approximate surface area is 247 Å². The number of carbonyl (C=O) groups excluding carboxylic acids is 1. The van der Waals surface area contributed by atoms with Crippen molar-refractivity contribution in [1.29, 1.82) is 0 Å². The molecule has 1 aliphatic carbocycles. The van der Waals surface area contributed by atoms with Crippen molar-refractivity contribution in [2.75, 3.05) is 13.2 Å². The number of nitrogens with zero attached hydrogens (tertiary/aromatic N) is 2. The molecule has 1 atom stereocenters. The van der Waals surface area contributed by atoms with E-state index in [9.17, 15) is 4.79 Å². The summed E-state index contributed by atoms with van der Waals surface area (Å²) < 4.78 is 11.1. The zero-order valence-electron chi connectivity index (χ0n) is 25.2. The Hall–Kier alpha value is -3.05. The molecule has 0 aliphatic heterocycles. The molecule has 0 amide bonds. The summed E-state index contributed by atoms with van der Waals surface area (Å²) >= 11 is 0. The molecule has 41 heavy (non-hydrogen) atoms. The fraction of sp³-hybridized carbons (Fsp3) is 0.528. The number of ether oxygens (including phenoxy) is 2. The van der Waals surface area contributed by atoms with Gasteiger partial charge in [0.1, 0.15) is 6.61 Å². The van der Waals surface area contributed by atoms with E-state index in [2.05, 4.69) is 41.2 Å². The summed E-state index contributed by atoms with van der Waals surface area (Å²) in [6.07, 6.45) is 20.8. The molecule has 1 fully saturated rings. The topological polar surface area (TPSA) is 61.3 Å². The zero-order valence-corrected chi connectivity index (χ0v) is 25.2. The fourth-order valence-corrected chi connectivity index (χ4v) is 5.62. The number of aromatic nitrogens is 2. The Balaban J connectivity index is 1.19. The lowest BCUT2D eigenvalue weighted by Crippen LogP contribution is -2.19. The summed E-state index contributed by atoms with van der Waals surface area (Å²) in [4.78, 5) is 21.6. The first kappa shape index (κ1) is 30.9. The molecule has 0 bridgehead atoms. The van der Waals surface area contributed by atoms with Gasteiger partial charge in [-0.15, -0.1) is 0 Å². The average molecular weight is 557 g/mol. The maximum Gasteiger partial charge on any atom is 0.338 e. The van der Waals surface area contributed by atoms with Crippen molar-refractivity contribution >= 4 is 5.97 Å². The first-order valence-corrected chi connectivity index (χ1v) is 15.9. The highest BCUT2D eigenvalue weighted by atomic mass is 16.6. The van der Waals surface area contributed by atoms with Gasteiger partial charge in [0.2, 0.25) is 0 Å². The molecule has 4 rings (SSSR count). The van der Waals surface area contributed by atoms with Crippen molar-refractivity contribution in [2.45, 2.75) is 103 Å². The highest BCUT2D eigenvalue weighted by molar-refractivity contribution is 5.89. The Bertz CT molecular complexity index is 1150. The quantitative estimate of drug-likeness (QED) is 0.122. The fourth-order valence-electron chi connectivity index (χ4n) is 5.62. The largest absolute Gasteiger partial charge is 0.459 e. The van der Waals surface area contributed by atoms with Crippen LogP contribution in [0.4, 0.5) is 0 Å². The molecule has 1 saturated carbocycles. The molecule has 220 valence electrons. The molecule has 0 radical (unpaired) electrons. The van der Waals surface area contributed by atoms with E-state index in [1.54, 1.807) is 12.1 Å². The number of benzene rings is 2. The Morgan fingerprint density at radius 2 is 1.51 bits per heavy atom. The van der Waals surface area contributed by atoms with Crippen LogP contribution >= 0.6 is 0 Å². The first-order chi connectivity index (χ1) is 20.1. The smallest absolute Gasteiger partial charge is 0.338 e. The maximum absolute atomic E-state index is 12.4. The van der Waals surface area contributed by atoms with E-state index in [-0.39, 0.29) is 18.7 Å². The van der Waals surface area contributed by atoms with Gasteiger partial charge in [-0.2, -0.15) is 0 Å². The van der Waals surface area contributed by atoms with Gasteiger partial charge in [-0.05, 0) is 55.4 Å². The number of unbranched alkanes of at least 4 members (excludes halogenated alkanes) is 5. The van der Waals surface area contributed by atoms with Crippen LogP contribution < -0.4 is 0 Å². The van der Waals surface area contributed by atoms with Crippen LogP contribution in [-0.4, -0.2) is 35.3 Å². The third-order valence-corrected chi connectivity index (χ3v) is 8.22. The SMILES string of the molecule is CCCCCO[C@@H](C)COC(=O)c1ccc(-c2ncc(-c3ccc(CCCCCCC4CCCC4)cc3)cn2)cc1. The predicted octanol–water partition coefficient (Wildman–Crippen LogP) is 9.25. The Morgan fingerprint density at radius 1 is 0.829 bits per heavy atom. The second kappa shape index (κ2) is 17.0. The molecular formula is C36H48N2O3. The maximum atomic E-state index is 12.4. The van der Waals surface area contributed by atoms with Crippen LogP contribution in [0.25, 0.3) is 22.5 Å². The van der Waals surface area contributed by atoms with E-state index in [0.29, 0.717) is 18.0 Å². The van der Waals surface area contributed by atoms with Gasteiger partial charge in [0.25, 0.3) is 0 Å². The van der Waals surface area contributed by atoms with Gasteiger partial charge in [-0.25, -0.2) is 14.8 Å². The minimum atomic E-state index is -0.348. The van der Waals surface area contributed by atoms with Crippen molar-refractivity contribution in [2.24, 2.45) is 5.92 Å². The lowest BCUT2D eigenvalue weighted by atomic mass is 9.98. The number of hydrogen-bond acceptors (Lipinski definition) is 5. The van der Waals surface area contributed by atoms with Crippen LogP contribution in [0.15, 0.2) is 60.9 Å². The van der Waals surface area contributed by atoms with E-state index in [1.165, 1.54) is 63.4 Å². The van der Waals surface area contributed by atoms with Gasteiger partial charge in [-0.1, -0.05) is 108 Å². The second-order valence-corrected chi connectivity index (χ2v) is 11.7. The van der Waals surface area contributed by atoms with Gasteiger partial charge >= 0.3 is 5.97 Å². The monoisotopic (exact) mass is 556 g/mol. The van der Waals surface area contributed by atoms with Crippen LogP contribution in [0.1, 0.15) is 107 Å². The Kier molecular flexibility index (Phi) is 12.8. The van der Waals surface area contributed by atoms with E-state index in [1.807, 2.05) is 31.5 Å². The summed E-state index contributed by atoms with van der Waals surface area (Å²) in [6.45, 7) is 5.04. The molecule has 0 spiro atoms. The zero-order chi connectivity index (χ0) is 28.7. The molecule has 1 aromatic heterocycles. The van der Waals surface area contributed by atoms with Crippen LogP contribution in [-0.2, 0) is 15.9 Å². The van der Waals surface area contributed by atoms with Crippen LogP contribution in [0, 0.1) is 5.92 Å². The van der Waals surface area contributed by atoms with Crippen LogP contribution in [0.5, 0.6) is 0 Å². The average Bonchev–Trinajstić information content (AvgIpc) is 3.54. The molecule has 5 nitrogen and oxygen atoms in total. The second-order valence-electron chi connectivity index (χ2n) is 11.7. The molecule has 3 aromatic rings. The normalized spacial score (nSPS) is 14.3. The summed E-state index contributed by atoms with van der Waals surface area (Å²) in [5.41, 5.74) is 4.89. The van der Waals surface area contributed by atoms with Crippen molar-refractivity contribution in [3.05, 3.63) is 72.1 Å². The standard InChI is InChI=1S/C36H48N2O3/c1-3-4-11-24-40-28(2)27-41-36(39)33-22-20-32(21-23-33)35-37-25-34(26-38-35)31-18-16-30(17-19-31)13-8-6-5-7-12-29-14-9-10-15-29/h16-23,25-26,28-29H,3-15,24,27H2,1-2H3/t28-/m0/s1. The summed E-state index contributed by atoms with van der Waals surface area (Å²) in [7, 11) is 0. The summed E-state index contributed by atoms with van der Waals surface area (Å²) in [6, 6.07) is 16.1. The van der Waals surface area contributed by atoms with Gasteiger partial charge in [0, 0.05) is 30.1 Å². The molecule has 1 aliphatic rings. The van der Waals surface area contributed by atoms with Gasteiger partial charge in [0.15, 0.2) is 5.82 Å². The number of aryl methyl sites for hydroxylation is 1. The van der Waals surface area contributed by atoms with Crippen molar-refractivity contribution in [3.8, 4) is 22.5 Å². The van der Waals surface area contributed by atoms with E-state index in [4.69, 9.17) is 9.47 Å². The highest BCUT2D eigenvalue weighted by Gasteiger charge is 2.14. The predicted molar refractivity (Wildman–Crippen MR) is 167 cm³/mol.